The highest BCUT2D eigenvalue weighted by Crippen LogP contribution is 2.22. The van der Waals surface area contributed by atoms with Crippen molar-refractivity contribution in [2.24, 2.45) is 0 Å². The molecule has 0 fully saturated rings. The van der Waals surface area contributed by atoms with Crippen LogP contribution in [0, 0.1) is 6.92 Å². The van der Waals surface area contributed by atoms with Gasteiger partial charge in [-0.3, -0.25) is 4.79 Å². The second-order valence-corrected chi connectivity index (χ2v) is 4.22. The summed E-state index contributed by atoms with van der Waals surface area (Å²) in [5, 5.41) is 16.5. The molecule has 5 heteroatoms. The van der Waals surface area contributed by atoms with Crippen molar-refractivity contribution in [3.8, 4) is 0 Å². The molecule has 0 aliphatic heterocycles. The Balaban J connectivity index is 3.00. The van der Waals surface area contributed by atoms with Gasteiger partial charge in [0.2, 0.25) is 0 Å². The van der Waals surface area contributed by atoms with E-state index in [0.717, 1.165) is 10.0 Å². The molecule has 2 rings (SSSR count). The molecule has 0 spiro atoms. The SMILES string of the molecule is Cc1cc(Br)cc2c(CO)n[nH]c(=O)c12. The first-order valence-electron chi connectivity index (χ1n) is 4.41. The van der Waals surface area contributed by atoms with E-state index >= 15 is 0 Å². The number of hydrogen-bond donors (Lipinski definition) is 2. The van der Waals surface area contributed by atoms with Crippen LogP contribution in [-0.4, -0.2) is 15.3 Å². The number of aryl methyl sites for hydroxylation is 1. The number of aliphatic hydroxyl groups is 1. The molecule has 2 N–H and O–H groups in total. The van der Waals surface area contributed by atoms with Gasteiger partial charge in [-0.1, -0.05) is 15.9 Å². The smallest absolute Gasteiger partial charge is 0.272 e. The third-order valence-electron chi connectivity index (χ3n) is 2.28. The molecule has 0 saturated carbocycles. The third-order valence-corrected chi connectivity index (χ3v) is 2.74. The zero-order valence-electron chi connectivity index (χ0n) is 8.04. The monoisotopic (exact) mass is 268 g/mol. The zero-order valence-corrected chi connectivity index (χ0v) is 9.63. The summed E-state index contributed by atoms with van der Waals surface area (Å²) in [6, 6.07) is 3.65. The highest BCUT2D eigenvalue weighted by molar-refractivity contribution is 9.10. The van der Waals surface area contributed by atoms with Crippen molar-refractivity contribution in [2.45, 2.75) is 13.5 Å². The summed E-state index contributed by atoms with van der Waals surface area (Å²) < 4.78 is 0.870. The third kappa shape index (κ3) is 1.68. The fourth-order valence-electron chi connectivity index (χ4n) is 1.63. The van der Waals surface area contributed by atoms with Crippen molar-refractivity contribution in [2.75, 3.05) is 0 Å². The van der Waals surface area contributed by atoms with Crippen LogP contribution in [0.1, 0.15) is 11.3 Å². The molecule has 0 bridgehead atoms. The van der Waals surface area contributed by atoms with Gasteiger partial charge in [-0.25, -0.2) is 5.10 Å². The first-order valence-corrected chi connectivity index (χ1v) is 5.21. The summed E-state index contributed by atoms with van der Waals surface area (Å²) >= 11 is 3.35. The molecule has 1 heterocycles. The van der Waals surface area contributed by atoms with Crippen molar-refractivity contribution in [1.29, 1.82) is 0 Å². The van der Waals surface area contributed by atoms with E-state index in [2.05, 4.69) is 26.1 Å². The molecule has 0 radical (unpaired) electrons. The summed E-state index contributed by atoms with van der Waals surface area (Å²) in [7, 11) is 0. The zero-order chi connectivity index (χ0) is 11.0. The summed E-state index contributed by atoms with van der Waals surface area (Å²) in [4.78, 5) is 11.6. The molecule has 15 heavy (non-hydrogen) atoms. The summed E-state index contributed by atoms with van der Waals surface area (Å²) in [6.45, 7) is 1.66. The van der Waals surface area contributed by atoms with Gasteiger partial charge in [-0.05, 0) is 24.6 Å². The van der Waals surface area contributed by atoms with Crippen molar-refractivity contribution < 1.29 is 5.11 Å². The van der Waals surface area contributed by atoms with E-state index < -0.39 is 0 Å². The van der Waals surface area contributed by atoms with Crippen LogP contribution in [0.25, 0.3) is 10.8 Å². The molecular formula is C10H9BrN2O2. The fourth-order valence-corrected chi connectivity index (χ4v) is 2.20. The standard InChI is InChI=1S/C10H9BrN2O2/c1-5-2-6(11)3-7-8(4-14)12-13-10(15)9(5)7/h2-3,14H,4H2,1H3,(H,13,15). The van der Waals surface area contributed by atoms with E-state index in [1.165, 1.54) is 0 Å². The molecule has 1 aromatic heterocycles. The normalized spacial score (nSPS) is 10.9. The molecule has 1 aromatic carbocycles. The Labute approximate surface area is 94.1 Å². The Morgan fingerprint density at radius 1 is 1.53 bits per heavy atom. The highest BCUT2D eigenvalue weighted by atomic mass is 79.9. The van der Waals surface area contributed by atoms with Crippen molar-refractivity contribution in [1.82, 2.24) is 10.2 Å². The van der Waals surface area contributed by atoms with Gasteiger partial charge in [0, 0.05) is 9.86 Å². The maximum absolute atomic E-state index is 11.6. The predicted molar refractivity (Wildman–Crippen MR) is 60.7 cm³/mol. The number of aromatic nitrogens is 2. The summed E-state index contributed by atoms with van der Waals surface area (Å²) in [5.41, 5.74) is 1.11. The van der Waals surface area contributed by atoms with Gasteiger partial charge in [-0.2, -0.15) is 5.10 Å². The van der Waals surface area contributed by atoms with E-state index in [0.29, 0.717) is 16.5 Å². The minimum absolute atomic E-state index is 0.191. The van der Waals surface area contributed by atoms with Crippen LogP contribution in [0.5, 0.6) is 0 Å². The van der Waals surface area contributed by atoms with E-state index in [1.54, 1.807) is 6.07 Å². The highest BCUT2D eigenvalue weighted by Gasteiger charge is 2.08. The van der Waals surface area contributed by atoms with Crippen LogP contribution in [-0.2, 0) is 6.61 Å². The Hall–Kier alpha value is -1.20. The molecule has 2 aromatic rings. The Morgan fingerprint density at radius 2 is 2.27 bits per heavy atom. The van der Waals surface area contributed by atoms with Crippen LogP contribution in [0.4, 0.5) is 0 Å². The molecule has 0 saturated heterocycles. The molecule has 4 nitrogen and oxygen atoms in total. The number of rotatable bonds is 1. The number of aliphatic hydroxyl groups excluding tert-OH is 1. The summed E-state index contributed by atoms with van der Waals surface area (Å²) in [5.74, 6) is 0. The maximum atomic E-state index is 11.6. The van der Waals surface area contributed by atoms with Crippen LogP contribution >= 0.6 is 15.9 Å². The first-order chi connectivity index (χ1) is 7.13. The maximum Gasteiger partial charge on any atom is 0.272 e. The summed E-state index contributed by atoms with van der Waals surface area (Å²) in [6.07, 6.45) is 0. The fraction of sp³-hybridized carbons (Fsp3) is 0.200. The lowest BCUT2D eigenvalue weighted by Crippen LogP contribution is -2.12. The van der Waals surface area contributed by atoms with E-state index in [1.807, 2.05) is 13.0 Å². The first kappa shape index (κ1) is 10.3. The second-order valence-electron chi connectivity index (χ2n) is 3.30. The van der Waals surface area contributed by atoms with Crippen LogP contribution in [0.2, 0.25) is 0 Å². The number of nitrogens with zero attached hydrogens (tertiary/aromatic N) is 1. The van der Waals surface area contributed by atoms with E-state index in [4.69, 9.17) is 5.11 Å². The number of halogens is 1. The Kier molecular flexibility index (Phi) is 2.58. The van der Waals surface area contributed by atoms with Gasteiger partial charge >= 0.3 is 0 Å². The van der Waals surface area contributed by atoms with E-state index in [9.17, 15) is 4.79 Å². The van der Waals surface area contributed by atoms with Gasteiger partial charge in [0.05, 0.1) is 17.7 Å². The van der Waals surface area contributed by atoms with E-state index in [-0.39, 0.29) is 12.2 Å². The number of benzene rings is 1. The topological polar surface area (TPSA) is 66.0 Å². The molecule has 0 unspecified atom stereocenters. The number of H-pyrrole nitrogens is 1. The lowest BCUT2D eigenvalue weighted by atomic mass is 10.1. The van der Waals surface area contributed by atoms with Gasteiger partial charge in [0.1, 0.15) is 0 Å². The average Bonchev–Trinajstić information content (AvgIpc) is 2.17. The number of hydrogen-bond acceptors (Lipinski definition) is 3. The van der Waals surface area contributed by atoms with Crippen LogP contribution < -0.4 is 5.56 Å². The van der Waals surface area contributed by atoms with Crippen LogP contribution in [0.15, 0.2) is 21.4 Å². The van der Waals surface area contributed by atoms with Gasteiger partial charge < -0.3 is 5.11 Å². The molecule has 0 atom stereocenters. The lowest BCUT2D eigenvalue weighted by Gasteiger charge is -2.05. The van der Waals surface area contributed by atoms with Crippen LogP contribution in [0.3, 0.4) is 0 Å². The molecular weight excluding hydrogens is 260 g/mol. The Bertz CT molecular complexity index is 577. The minimum atomic E-state index is -0.229. The van der Waals surface area contributed by atoms with Gasteiger partial charge in [0.25, 0.3) is 5.56 Å². The number of aromatic amines is 1. The number of nitrogens with one attached hydrogen (secondary N) is 1. The largest absolute Gasteiger partial charge is 0.390 e. The molecule has 0 aliphatic rings. The van der Waals surface area contributed by atoms with Gasteiger partial charge in [-0.15, -0.1) is 0 Å². The predicted octanol–water partition coefficient (Wildman–Crippen LogP) is 1.49. The van der Waals surface area contributed by atoms with Crippen molar-refractivity contribution in [3.05, 3.63) is 38.2 Å². The van der Waals surface area contributed by atoms with Gasteiger partial charge in [0.15, 0.2) is 0 Å². The number of fused-ring (bicyclic) bond motifs is 1. The second kappa shape index (κ2) is 3.75. The average molecular weight is 269 g/mol. The lowest BCUT2D eigenvalue weighted by molar-refractivity contribution is 0.277. The molecule has 78 valence electrons. The van der Waals surface area contributed by atoms with Crippen molar-refractivity contribution in [3.63, 3.8) is 0 Å². The minimum Gasteiger partial charge on any atom is -0.390 e. The molecule has 0 amide bonds. The Morgan fingerprint density at radius 3 is 2.93 bits per heavy atom. The molecule has 0 aliphatic carbocycles. The quantitative estimate of drug-likeness (QED) is 0.824. The van der Waals surface area contributed by atoms with Crippen molar-refractivity contribution >= 4 is 26.7 Å².